The lowest BCUT2D eigenvalue weighted by Crippen LogP contribution is -2.38. The zero-order valence-corrected chi connectivity index (χ0v) is 5.41. The normalized spacial score (nSPS) is 15.5. The summed E-state index contributed by atoms with van der Waals surface area (Å²) in [4.78, 5) is 7.15. The summed E-state index contributed by atoms with van der Waals surface area (Å²) in [5.41, 5.74) is 0.918. The Morgan fingerprint density at radius 3 is 3.50 bits per heavy atom. The zero-order chi connectivity index (χ0) is 6.97. The maximum atomic E-state index is 5.48. The van der Waals surface area contributed by atoms with Crippen molar-refractivity contribution in [2.24, 2.45) is 10.8 Å². The fourth-order valence-electron chi connectivity index (χ4n) is 0.986. The van der Waals surface area contributed by atoms with E-state index < -0.39 is 0 Å². The summed E-state index contributed by atoms with van der Waals surface area (Å²) in [5.74, 6) is 5.48. The topological polar surface area (TPSA) is 57.4 Å². The van der Waals surface area contributed by atoms with E-state index in [1.54, 1.807) is 5.01 Å². The number of hydrazine groups is 1. The third-order valence-corrected chi connectivity index (χ3v) is 1.45. The number of nitrogens with two attached hydrogens (primary N) is 1. The van der Waals surface area contributed by atoms with Crippen LogP contribution >= 0.6 is 0 Å². The molecule has 0 aromatic carbocycles. The van der Waals surface area contributed by atoms with Crippen molar-refractivity contribution in [1.29, 1.82) is 0 Å². The number of hydrogen-bond donors (Lipinski definition) is 2. The van der Waals surface area contributed by atoms with Crippen LogP contribution in [0.5, 0.6) is 0 Å². The van der Waals surface area contributed by atoms with Gasteiger partial charge in [-0.05, 0) is 6.07 Å². The SMILES string of the molecule is NN1C=c2cc[nH]c2=NC1. The summed E-state index contributed by atoms with van der Waals surface area (Å²) in [5, 5.41) is 2.60. The molecule has 3 N–H and O–H groups in total. The minimum absolute atomic E-state index is 0.535. The van der Waals surface area contributed by atoms with Gasteiger partial charge in [-0.3, -0.25) is 5.01 Å². The molecule has 0 unspecified atom stereocenters. The van der Waals surface area contributed by atoms with Crippen LogP contribution < -0.4 is 16.5 Å². The second kappa shape index (κ2) is 1.85. The van der Waals surface area contributed by atoms with Gasteiger partial charge in [0.1, 0.15) is 12.2 Å². The predicted octanol–water partition coefficient (Wildman–Crippen LogP) is -1.48. The molecule has 0 bridgehead atoms. The summed E-state index contributed by atoms with van der Waals surface area (Å²) >= 11 is 0. The number of hydrogen-bond acceptors (Lipinski definition) is 3. The van der Waals surface area contributed by atoms with Gasteiger partial charge in [-0.15, -0.1) is 0 Å². The van der Waals surface area contributed by atoms with E-state index in [0.29, 0.717) is 6.67 Å². The van der Waals surface area contributed by atoms with Crippen LogP contribution in [-0.4, -0.2) is 16.7 Å². The largest absolute Gasteiger partial charge is 0.346 e. The molecule has 0 radical (unpaired) electrons. The van der Waals surface area contributed by atoms with Gasteiger partial charge in [0, 0.05) is 17.6 Å². The van der Waals surface area contributed by atoms with Gasteiger partial charge in [-0.2, -0.15) is 0 Å². The highest BCUT2D eigenvalue weighted by Crippen LogP contribution is 1.81. The highest BCUT2D eigenvalue weighted by atomic mass is 15.4. The summed E-state index contributed by atoms with van der Waals surface area (Å²) in [7, 11) is 0. The van der Waals surface area contributed by atoms with Gasteiger partial charge in [0.05, 0.1) is 0 Å². The first-order valence-corrected chi connectivity index (χ1v) is 3.07. The van der Waals surface area contributed by atoms with Crippen molar-refractivity contribution in [1.82, 2.24) is 9.99 Å². The van der Waals surface area contributed by atoms with Crippen molar-refractivity contribution in [2.45, 2.75) is 0 Å². The van der Waals surface area contributed by atoms with Crippen LogP contribution in [0.1, 0.15) is 0 Å². The molecule has 2 heterocycles. The summed E-state index contributed by atoms with van der Waals surface area (Å²) in [6.07, 6.45) is 3.71. The lowest BCUT2D eigenvalue weighted by Gasteiger charge is -2.10. The van der Waals surface area contributed by atoms with Crippen LogP contribution in [0, 0.1) is 0 Å². The summed E-state index contributed by atoms with van der Waals surface area (Å²) in [6, 6.07) is 1.94. The molecule has 2 rings (SSSR count). The summed E-state index contributed by atoms with van der Waals surface area (Å²) in [6.45, 7) is 0.535. The van der Waals surface area contributed by atoms with Crippen LogP contribution in [-0.2, 0) is 0 Å². The molecule has 1 aromatic rings. The Morgan fingerprint density at radius 1 is 1.70 bits per heavy atom. The number of rotatable bonds is 0. The molecule has 0 aliphatic carbocycles. The molecule has 0 amide bonds. The predicted molar refractivity (Wildman–Crippen MR) is 36.9 cm³/mol. The number of nitrogens with one attached hydrogen (secondary N) is 1. The fourth-order valence-corrected chi connectivity index (χ4v) is 0.986. The molecule has 1 aliphatic heterocycles. The third kappa shape index (κ3) is 0.698. The molecule has 1 aromatic heterocycles. The van der Waals surface area contributed by atoms with E-state index in [1.807, 2.05) is 18.5 Å². The Morgan fingerprint density at radius 2 is 2.60 bits per heavy atom. The van der Waals surface area contributed by atoms with Crippen LogP contribution in [0.4, 0.5) is 0 Å². The molecule has 0 spiro atoms. The second-order valence-corrected chi connectivity index (χ2v) is 2.22. The molecule has 1 aliphatic rings. The molecule has 4 nitrogen and oxygen atoms in total. The lowest BCUT2D eigenvalue weighted by molar-refractivity contribution is 0.433. The highest BCUT2D eigenvalue weighted by Gasteiger charge is 1.97. The highest BCUT2D eigenvalue weighted by molar-refractivity contribution is 5.20. The molecular formula is C6H8N4. The van der Waals surface area contributed by atoms with Gasteiger partial charge in [0.2, 0.25) is 0 Å². The number of H-pyrrole nitrogens is 1. The smallest absolute Gasteiger partial charge is 0.135 e. The number of aromatic nitrogens is 1. The third-order valence-electron chi connectivity index (χ3n) is 1.45. The van der Waals surface area contributed by atoms with Crippen LogP contribution in [0.2, 0.25) is 0 Å². The fraction of sp³-hybridized carbons (Fsp3) is 0.167. The minimum atomic E-state index is 0.535. The Hall–Kier alpha value is -1.29. The van der Waals surface area contributed by atoms with Crippen molar-refractivity contribution in [2.75, 3.05) is 6.67 Å². The Balaban J connectivity index is 2.73. The van der Waals surface area contributed by atoms with Gasteiger partial charge in [-0.1, -0.05) is 0 Å². The Labute approximate surface area is 57.6 Å². The average molecular weight is 136 g/mol. The van der Waals surface area contributed by atoms with Crippen molar-refractivity contribution in [3.05, 3.63) is 23.0 Å². The molecule has 0 saturated carbocycles. The van der Waals surface area contributed by atoms with Crippen LogP contribution in [0.25, 0.3) is 6.20 Å². The van der Waals surface area contributed by atoms with Crippen LogP contribution in [0.15, 0.2) is 17.3 Å². The van der Waals surface area contributed by atoms with E-state index in [0.717, 1.165) is 10.7 Å². The Kier molecular flexibility index (Phi) is 1.01. The quantitative estimate of drug-likeness (QED) is 0.427. The second-order valence-electron chi connectivity index (χ2n) is 2.22. The first-order valence-electron chi connectivity index (χ1n) is 3.07. The Bertz CT molecular complexity index is 337. The van der Waals surface area contributed by atoms with Crippen molar-refractivity contribution < 1.29 is 0 Å². The first kappa shape index (κ1) is 5.49. The molecule has 0 atom stereocenters. The van der Waals surface area contributed by atoms with E-state index in [1.165, 1.54) is 0 Å². The lowest BCUT2D eigenvalue weighted by atomic mass is 10.4. The minimum Gasteiger partial charge on any atom is -0.346 e. The maximum absolute atomic E-state index is 5.48. The molecule has 52 valence electrons. The van der Waals surface area contributed by atoms with Crippen LogP contribution in [0.3, 0.4) is 0 Å². The average Bonchev–Trinajstić information content (AvgIpc) is 2.33. The molecule has 4 heteroatoms. The van der Waals surface area contributed by atoms with Gasteiger partial charge in [-0.25, -0.2) is 10.8 Å². The van der Waals surface area contributed by atoms with Gasteiger partial charge >= 0.3 is 0 Å². The monoisotopic (exact) mass is 136 g/mol. The van der Waals surface area contributed by atoms with E-state index in [4.69, 9.17) is 5.84 Å². The van der Waals surface area contributed by atoms with Gasteiger partial charge < -0.3 is 4.98 Å². The summed E-state index contributed by atoms with van der Waals surface area (Å²) < 4.78 is 0. The molecule has 0 fully saturated rings. The van der Waals surface area contributed by atoms with E-state index in [9.17, 15) is 0 Å². The first-order chi connectivity index (χ1) is 4.86. The number of nitrogens with zero attached hydrogens (tertiary/aromatic N) is 2. The molecule has 0 saturated heterocycles. The van der Waals surface area contributed by atoms with E-state index in [-0.39, 0.29) is 0 Å². The standard InChI is InChI=1S/C6H8N4/c7-10-3-5-1-2-8-6(5)9-4-10/h1-3H,4,7H2,(H,8,9). The van der Waals surface area contributed by atoms with Crippen molar-refractivity contribution in [3.63, 3.8) is 0 Å². The zero-order valence-electron chi connectivity index (χ0n) is 5.41. The van der Waals surface area contributed by atoms with Crippen molar-refractivity contribution in [3.8, 4) is 0 Å². The molecular weight excluding hydrogens is 128 g/mol. The number of fused-ring (bicyclic) bond motifs is 1. The van der Waals surface area contributed by atoms with E-state index >= 15 is 0 Å². The van der Waals surface area contributed by atoms with E-state index in [2.05, 4.69) is 9.98 Å². The maximum Gasteiger partial charge on any atom is 0.135 e. The van der Waals surface area contributed by atoms with Gasteiger partial charge in [0.25, 0.3) is 0 Å². The number of aromatic amines is 1. The van der Waals surface area contributed by atoms with Crippen molar-refractivity contribution >= 4 is 6.20 Å². The van der Waals surface area contributed by atoms with Gasteiger partial charge in [0.15, 0.2) is 0 Å². The molecule has 10 heavy (non-hydrogen) atoms.